The van der Waals surface area contributed by atoms with Crippen molar-refractivity contribution >= 4 is 21.4 Å². The third-order valence-corrected chi connectivity index (χ3v) is 4.33. The molecule has 102 valence electrons. The molecule has 1 aromatic heterocycles. The van der Waals surface area contributed by atoms with Crippen molar-refractivity contribution < 1.29 is 12.8 Å². The summed E-state index contributed by atoms with van der Waals surface area (Å²) in [6, 6.07) is 10.1. The predicted octanol–water partition coefficient (Wildman–Crippen LogP) is 2.51. The van der Waals surface area contributed by atoms with Crippen LogP contribution in [-0.4, -0.2) is 8.42 Å². The van der Waals surface area contributed by atoms with Gasteiger partial charge in [-0.2, -0.15) is 0 Å². The van der Waals surface area contributed by atoms with E-state index >= 15 is 0 Å². The van der Waals surface area contributed by atoms with E-state index < -0.39 is 9.84 Å². The molecule has 0 saturated heterocycles. The average molecular weight is 300 g/mol. The van der Waals surface area contributed by atoms with Crippen LogP contribution < -0.4 is 5.73 Å². The van der Waals surface area contributed by atoms with Gasteiger partial charge in [0.25, 0.3) is 0 Å². The maximum Gasteiger partial charge on any atom is 0.161 e. The van der Waals surface area contributed by atoms with Crippen molar-refractivity contribution in [2.45, 2.75) is 18.1 Å². The van der Waals surface area contributed by atoms with Crippen molar-refractivity contribution in [2.24, 2.45) is 5.73 Å². The lowest BCUT2D eigenvalue weighted by atomic mass is 10.2. The summed E-state index contributed by atoms with van der Waals surface area (Å²) in [5.74, 6) is 0.824. The van der Waals surface area contributed by atoms with Gasteiger partial charge in [-0.05, 0) is 29.8 Å². The fourth-order valence-corrected chi connectivity index (χ4v) is 3.23. The van der Waals surface area contributed by atoms with Gasteiger partial charge < -0.3 is 10.2 Å². The number of rotatable bonds is 5. The van der Waals surface area contributed by atoms with Gasteiger partial charge >= 0.3 is 0 Å². The molecule has 6 heteroatoms. The maximum atomic E-state index is 12.0. The molecule has 1 aromatic carbocycles. The molecule has 0 aliphatic rings. The van der Waals surface area contributed by atoms with Gasteiger partial charge in [-0.15, -0.1) is 0 Å². The number of furan rings is 1. The Labute approximate surface area is 117 Å². The fourth-order valence-electron chi connectivity index (χ4n) is 1.71. The number of hydrogen-bond donors (Lipinski definition) is 1. The molecule has 2 N–H and O–H groups in total. The van der Waals surface area contributed by atoms with Crippen molar-refractivity contribution in [3.63, 3.8) is 0 Å². The summed E-state index contributed by atoms with van der Waals surface area (Å²) >= 11 is 5.76. The Hall–Kier alpha value is -1.30. The molecule has 0 radical (unpaired) electrons. The van der Waals surface area contributed by atoms with E-state index in [1.54, 1.807) is 36.4 Å². The molecular weight excluding hydrogens is 286 g/mol. The maximum absolute atomic E-state index is 12.0. The molecule has 0 aliphatic heterocycles. The van der Waals surface area contributed by atoms with E-state index in [1.807, 2.05) is 0 Å². The van der Waals surface area contributed by atoms with Crippen LogP contribution in [-0.2, 0) is 27.9 Å². The van der Waals surface area contributed by atoms with E-state index in [2.05, 4.69) is 0 Å². The summed E-state index contributed by atoms with van der Waals surface area (Å²) in [5.41, 5.74) is 6.11. The van der Waals surface area contributed by atoms with Gasteiger partial charge in [-0.3, -0.25) is 0 Å². The lowest BCUT2D eigenvalue weighted by molar-refractivity contribution is 0.477. The molecule has 0 saturated carbocycles. The Morgan fingerprint density at radius 2 is 1.63 bits per heavy atom. The molecule has 0 aliphatic carbocycles. The number of benzene rings is 1. The zero-order valence-electron chi connectivity index (χ0n) is 10.2. The Balaban J connectivity index is 2.08. The van der Waals surface area contributed by atoms with Gasteiger partial charge in [0.1, 0.15) is 17.3 Å². The van der Waals surface area contributed by atoms with Gasteiger partial charge in [0, 0.05) is 5.02 Å². The highest BCUT2D eigenvalue weighted by molar-refractivity contribution is 7.89. The zero-order chi connectivity index (χ0) is 13.9. The number of nitrogens with two attached hydrogens (primary N) is 1. The van der Waals surface area contributed by atoms with E-state index in [0.29, 0.717) is 22.1 Å². The van der Waals surface area contributed by atoms with Gasteiger partial charge in [0.2, 0.25) is 0 Å². The van der Waals surface area contributed by atoms with E-state index in [4.69, 9.17) is 21.8 Å². The molecule has 0 spiro atoms. The van der Waals surface area contributed by atoms with Crippen molar-refractivity contribution in [3.05, 3.63) is 58.5 Å². The van der Waals surface area contributed by atoms with Gasteiger partial charge in [0.15, 0.2) is 9.84 Å². The van der Waals surface area contributed by atoms with Crippen LogP contribution >= 0.6 is 11.6 Å². The van der Waals surface area contributed by atoms with Gasteiger partial charge in [0.05, 0.1) is 12.3 Å². The number of halogens is 1. The molecule has 19 heavy (non-hydrogen) atoms. The molecule has 0 bridgehead atoms. The molecule has 0 unspecified atom stereocenters. The first-order valence-electron chi connectivity index (χ1n) is 5.71. The topological polar surface area (TPSA) is 73.3 Å². The monoisotopic (exact) mass is 299 g/mol. The van der Waals surface area contributed by atoms with Crippen LogP contribution in [0.15, 0.2) is 40.8 Å². The Morgan fingerprint density at radius 1 is 1.00 bits per heavy atom. The normalized spacial score (nSPS) is 11.7. The molecule has 4 nitrogen and oxygen atoms in total. The van der Waals surface area contributed by atoms with Crippen LogP contribution in [0.1, 0.15) is 17.1 Å². The Kier molecular flexibility index (Phi) is 4.29. The molecule has 1 heterocycles. The first kappa shape index (κ1) is 14.1. The summed E-state index contributed by atoms with van der Waals surface area (Å²) in [4.78, 5) is 0. The lowest BCUT2D eigenvalue weighted by Gasteiger charge is -2.03. The second-order valence-corrected chi connectivity index (χ2v) is 6.73. The van der Waals surface area contributed by atoms with Crippen molar-refractivity contribution in [1.82, 2.24) is 0 Å². The fraction of sp³-hybridized carbons (Fsp3) is 0.231. The molecule has 2 aromatic rings. The van der Waals surface area contributed by atoms with Crippen molar-refractivity contribution in [2.75, 3.05) is 0 Å². The van der Waals surface area contributed by atoms with Crippen LogP contribution in [0.4, 0.5) is 0 Å². The van der Waals surface area contributed by atoms with E-state index in [9.17, 15) is 8.42 Å². The summed E-state index contributed by atoms with van der Waals surface area (Å²) in [6.45, 7) is 0.261. The quantitative estimate of drug-likeness (QED) is 0.920. The lowest BCUT2D eigenvalue weighted by Crippen LogP contribution is -2.07. The van der Waals surface area contributed by atoms with E-state index in [1.165, 1.54) is 0 Å². The van der Waals surface area contributed by atoms with Gasteiger partial charge in [-0.1, -0.05) is 23.7 Å². The number of sulfone groups is 1. The molecule has 0 atom stereocenters. The largest absolute Gasteiger partial charge is 0.464 e. The van der Waals surface area contributed by atoms with Crippen LogP contribution in [0, 0.1) is 0 Å². The Bertz CT molecular complexity index is 647. The van der Waals surface area contributed by atoms with Crippen molar-refractivity contribution in [3.8, 4) is 0 Å². The average Bonchev–Trinajstić information content (AvgIpc) is 2.78. The molecule has 0 fully saturated rings. The SMILES string of the molecule is NCc1ccc(CS(=O)(=O)Cc2ccc(Cl)cc2)o1. The second kappa shape index (κ2) is 5.77. The van der Waals surface area contributed by atoms with E-state index in [0.717, 1.165) is 0 Å². The second-order valence-electron chi connectivity index (χ2n) is 4.23. The minimum absolute atomic E-state index is 0.0389. The van der Waals surface area contributed by atoms with E-state index in [-0.39, 0.29) is 18.1 Å². The minimum atomic E-state index is -3.27. The highest BCUT2D eigenvalue weighted by atomic mass is 35.5. The van der Waals surface area contributed by atoms with Crippen LogP contribution in [0.5, 0.6) is 0 Å². The standard InChI is InChI=1S/C13H14ClNO3S/c14-11-3-1-10(2-4-11)8-19(16,17)9-13-6-5-12(7-15)18-13/h1-6H,7-9,15H2. The minimum Gasteiger partial charge on any atom is -0.464 e. The zero-order valence-corrected chi connectivity index (χ0v) is 11.7. The first-order valence-corrected chi connectivity index (χ1v) is 7.91. The van der Waals surface area contributed by atoms with Gasteiger partial charge in [-0.25, -0.2) is 8.42 Å². The Morgan fingerprint density at radius 3 is 2.21 bits per heavy atom. The summed E-state index contributed by atoms with van der Waals surface area (Å²) in [5, 5.41) is 0.583. The van der Waals surface area contributed by atoms with Crippen LogP contribution in [0.2, 0.25) is 5.02 Å². The summed E-state index contributed by atoms with van der Waals surface area (Å²) in [7, 11) is -3.27. The third-order valence-electron chi connectivity index (χ3n) is 2.58. The smallest absolute Gasteiger partial charge is 0.161 e. The molecule has 2 rings (SSSR count). The van der Waals surface area contributed by atoms with Crippen LogP contribution in [0.25, 0.3) is 0 Å². The van der Waals surface area contributed by atoms with Crippen LogP contribution in [0.3, 0.4) is 0 Å². The molecule has 0 amide bonds. The highest BCUT2D eigenvalue weighted by Gasteiger charge is 2.15. The molecular formula is C13H14ClNO3S. The third kappa shape index (κ3) is 4.09. The number of hydrogen-bond acceptors (Lipinski definition) is 4. The van der Waals surface area contributed by atoms with Crippen molar-refractivity contribution in [1.29, 1.82) is 0 Å². The predicted molar refractivity (Wildman–Crippen MR) is 74.4 cm³/mol. The summed E-state index contributed by atoms with van der Waals surface area (Å²) < 4.78 is 29.4. The first-order chi connectivity index (χ1) is 8.98. The highest BCUT2D eigenvalue weighted by Crippen LogP contribution is 2.16. The summed E-state index contributed by atoms with van der Waals surface area (Å²) in [6.07, 6.45) is 0.